The van der Waals surface area contributed by atoms with Crippen LogP contribution in [0.3, 0.4) is 0 Å². The van der Waals surface area contributed by atoms with E-state index >= 15 is 0 Å². The number of nitrogens with one attached hydrogen (secondary N) is 2. The lowest BCUT2D eigenvalue weighted by molar-refractivity contribution is 0.959. The van der Waals surface area contributed by atoms with E-state index in [-0.39, 0.29) is 0 Å². The molecule has 31 heavy (non-hydrogen) atoms. The number of imidazole rings is 1. The van der Waals surface area contributed by atoms with E-state index in [1.54, 1.807) is 6.21 Å². The number of rotatable bonds is 5. The molecule has 0 aliphatic rings. The summed E-state index contributed by atoms with van der Waals surface area (Å²) in [6.07, 6.45) is 1.72. The number of aliphatic imine (C=N–C) groups is 1. The van der Waals surface area contributed by atoms with Crippen molar-refractivity contribution in [3.63, 3.8) is 0 Å². The standard InChI is InChI=1S/C25H24N6/c1-28-24-19-6-2-15(12-17(19)4-8-21(24)29-11-10-26)16-3-7-20-18(13-16)5-9-22-25(20)31-23(14-27)30-22/h2-9,11-13,28H,10,14,26-27H2,1H3,(H,30,31)/b29-11+. The van der Waals surface area contributed by atoms with Crippen molar-refractivity contribution >= 4 is 50.2 Å². The number of H-pyrrole nitrogens is 1. The van der Waals surface area contributed by atoms with Gasteiger partial charge in [0, 0.05) is 30.6 Å². The fraction of sp³-hybridized carbons (Fsp3) is 0.120. The van der Waals surface area contributed by atoms with Gasteiger partial charge in [-0.05, 0) is 46.2 Å². The van der Waals surface area contributed by atoms with Gasteiger partial charge in [-0.1, -0.05) is 36.4 Å². The Hall–Kier alpha value is -3.74. The zero-order valence-corrected chi connectivity index (χ0v) is 17.3. The third-order valence-electron chi connectivity index (χ3n) is 5.63. The van der Waals surface area contributed by atoms with Crippen molar-refractivity contribution in [1.82, 2.24) is 9.97 Å². The van der Waals surface area contributed by atoms with Crippen LogP contribution in [0, 0.1) is 0 Å². The van der Waals surface area contributed by atoms with Gasteiger partial charge in [0.1, 0.15) is 5.82 Å². The first kappa shape index (κ1) is 19.2. The molecule has 0 saturated carbocycles. The summed E-state index contributed by atoms with van der Waals surface area (Å²) in [5, 5.41) is 7.88. The zero-order valence-electron chi connectivity index (χ0n) is 17.3. The van der Waals surface area contributed by atoms with E-state index in [0.717, 1.165) is 44.4 Å². The van der Waals surface area contributed by atoms with Crippen LogP contribution in [0.25, 0.3) is 43.7 Å². The molecule has 6 nitrogen and oxygen atoms in total. The maximum Gasteiger partial charge on any atom is 0.121 e. The van der Waals surface area contributed by atoms with E-state index in [0.29, 0.717) is 13.1 Å². The van der Waals surface area contributed by atoms with Crippen LogP contribution in [0.4, 0.5) is 11.4 Å². The summed E-state index contributed by atoms with van der Waals surface area (Å²) in [7, 11) is 1.92. The number of fused-ring (bicyclic) bond motifs is 4. The monoisotopic (exact) mass is 408 g/mol. The average molecular weight is 409 g/mol. The van der Waals surface area contributed by atoms with Gasteiger partial charge in [0.15, 0.2) is 0 Å². The van der Waals surface area contributed by atoms with Crippen LogP contribution in [0.1, 0.15) is 5.82 Å². The molecule has 1 aromatic heterocycles. The van der Waals surface area contributed by atoms with E-state index in [4.69, 9.17) is 11.5 Å². The van der Waals surface area contributed by atoms with E-state index in [1.807, 2.05) is 19.2 Å². The summed E-state index contributed by atoms with van der Waals surface area (Å²) in [5.41, 5.74) is 17.5. The van der Waals surface area contributed by atoms with Gasteiger partial charge < -0.3 is 21.8 Å². The van der Waals surface area contributed by atoms with E-state index in [9.17, 15) is 0 Å². The van der Waals surface area contributed by atoms with Crippen LogP contribution >= 0.6 is 0 Å². The minimum Gasteiger partial charge on any atom is -0.386 e. The van der Waals surface area contributed by atoms with Crippen molar-refractivity contribution in [3.8, 4) is 11.1 Å². The number of nitrogens with zero attached hydrogens (tertiary/aromatic N) is 2. The van der Waals surface area contributed by atoms with E-state index in [2.05, 4.69) is 68.8 Å². The van der Waals surface area contributed by atoms with Gasteiger partial charge in [0.25, 0.3) is 0 Å². The first-order chi connectivity index (χ1) is 15.2. The number of nitrogens with two attached hydrogens (primary N) is 2. The smallest absolute Gasteiger partial charge is 0.121 e. The van der Waals surface area contributed by atoms with Gasteiger partial charge in [-0.25, -0.2) is 4.98 Å². The largest absolute Gasteiger partial charge is 0.386 e. The fourth-order valence-electron chi connectivity index (χ4n) is 4.16. The van der Waals surface area contributed by atoms with Crippen molar-refractivity contribution in [2.75, 3.05) is 18.9 Å². The Labute approximate surface area is 180 Å². The predicted molar refractivity (Wildman–Crippen MR) is 131 cm³/mol. The zero-order chi connectivity index (χ0) is 21.4. The fourth-order valence-corrected chi connectivity index (χ4v) is 4.16. The molecule has 1 heterocycles. The number of aromatic amines is 1. The maximum absolute atomic E-state index is 5.75. The maximum atomic E-state index is 5.75. The van der Waals surface area contributed by atoms with Crippen LogP contribution < -0.4 is 16.8 Å². The van der Waals surface area contributed by atoms with Crippen molar-refractivity contribution in [1.29, 1.82) is 0 Å². The number of hydrogen-bond donors (Lipinski definition) is 4. The molecule has 0 spiro atoms. The molecule has 4 aromatic carbocycles. The second kappa shape index (κ2) is 7.83. The average Bonchev–Trinajstić information content (AvgIpc) is 3.25. The second-order valence-corrected chi connectivity index (χ2v) is 7.48. The van der Waals surface area contributed by atoms with Crippen LogP contribution in [-0.4, -0.2) is 29.8 Å². The summed E-state index contributed by atoms with van der Waals surface area (Å²) in [6.45, 7) is 0.819. The predicted octanol–water partition coefficient (Wildman–Crippen LogP) is 4.70. The van der Waals surface area contributed by atoms with Gasteiger partial charge in [0.05, 0.1) is 29.0 Å². The topological polar surface area (TPSA) is 105 Å². The Morgan fingerprint density at radius 3 is 2.35 bits per heavy atom. The Morgan fingerprint density at radius 1 is 0.935 bits per heavy atom. The lowest BCUT2D eigenvalue weighted by Gasteiger charge is -2.12. The molecule has 154 valence electrons. The quantitative estimate of drug-likeness (QED) is 0.316. The first-order valence-corrected chi connectivity index (χ1v) is 10.3. The van der Waals surface area contributed by atoms with Crippen molar-refractivity contribution < 1.29 is 0 Å². The molecule has 0 unspecified atom stereocenters. The van der Waals surface area contributed by atoms with Gasteiger partial charge in [-0.2, -0.15) is 0 Å². The number of hydrogen-bond acceptors (Lipinski definition) is 5. The second-order valence-electron chi connectivity index (χ2n) is 7.48. The van der Waals surface area contributed by atoms with Crippen molar-refractivity contribution in [3.05, 3.63) is 66.5 Å². The van der Waals surface area contributed by atoms with E-state index in [1.165, 1.54) is 16.5 Å². The van der Waals surface area contributed by atoms with Gasteiger partial charge in [-0.3, -0.25) is 4.99 Å². The molecule has 6 heteroatoms. The molecule has 0 aliphatic heterocycles. The summed E-state index contributed by atoms with van der Waals surface area (Å²) in [6, 6.07) is 21.3. The number of anilines is 1. The first-order valence-electron chi connectivity index (χ1n) is 10.3. The van der Waals surface area contributed by atoms with Crippen LogP contribution in [0.2, 0.25) is 0 Å². The number of benzene rings is 4. The molecule has 0 aliphatic carbocycles. The molecule has 5 aromatic rings. The molecule has 0 saturated heterocycles. The molecular formula is C25H24N6. The molecule has 0 fully saturated rings. The summed E-state index contributed by atoms with van der Waals surface area (Å²) in [4.78, 5) is 12.3. The van der Waals surface area contributed by atoms with Crippen LogP contribution in [-0.2, 0) is 6.54 Å². The lowest BCUT2D eigenvalue weighted by atomic mass is 9.97. The molecule has 5 rings (SSSR count). The molecule has 6 N–H and O–H groups in total. The molecule has 0 bridgehead atoms. The SMILES string of the molecule is CNc1c(/N=C/CN)ccc2cc(-c3ccc4c(ccc5nc(CN)[nH]c54)c3)ccc12. The summed E-state index contributed by atoms with van der Waals surface area (Å²) in [5.74, 6) is 0.802. The minimum atomic E-state index is 0.402. The highest BCUT2D eigenvalue weighted by molar-refractivity contribution is 6.06. The Morgan fingerprint density at radius 2 is 1.65 bits per heavy atom. The van der Waals surface area contributed by atoms with E-state index < -0.39 is 0 Å². The molecular weight excluding hydrogens is 384 g/mol. The highest BCUT2D eigenvalue weighted by atomic mass is 14.9. The third kappa shape index (κ3) is 3.32. The highest BCUT2D eigenvalue weighted by Crippen LogP contribution is 2.36. The number of aromatic nitrogens is 2. The lowest BCUT2D eigenvalue weighted by Crippen LogP contribution is -1.99. The van der Waals surface area contributed by atoms with Crippen molar-refractivity contribution in [2.45, 2.75) is 6.54 Å². The Kier molecular flexibility index (Phi) is 4.86. The van der Waals surface area contributed by atoms with Gasteiger partial charge in [0.2, 0.25) is 0 Å². The van der Waals surface area contributed by atoms with Crippen LogP contribution in [0.15, 0.2) is 65.7 Å². The molecule has 0 radical (unpaired) electrons. The summed E-state index contributed by atoms with van der Waals surface area (Å²) >= 11 is 0. The normalized spacial score (nSPS) is 11.8. The summed E-state index contributed by atoms with van der Waals surface area (Å²) < 4.78 is 0. The molecule has 0 atom stereocenters. The Bertz CT molecular complexity index is 1450. The Balaban J connectivity index is 1.61. The van der Waals surface area contributed by atoms with Gasteiger partial charge in [-0.15, -0.1) is 0 Å². The van der Waals surface area contributed by atoms with Crippen LogP contribution in [0.5, 0.6) is 0 Å². The highest BCUT2D eigenvalue weighted by Gasteiger charge is 2.10. The third-order valence-corrected chi connectivity index (χ3v) is 5.63. The molecule has 0 amide bonds. The van der Waals surface area contributed by atoms with Crippen molar-refractivity contribution in [2.24, 2.45) is 16.5 Å². The van der Waals surface area contributed by atoms with Gasteiger partial charge >= 0.3 is 0 Å². The minimum absolute atomic E-state index is 0.402.